The number of hydrogen-bond acceptors (Lipinski definition) is 2. The molecule has 2 N–H and O–H groups in total. The molecule has 3 nitrogen and oxygen atoms in total. The smallest absolute Gasteiger partial charge is 0.115 e. The second-order valence-corrected chi connectivity index (χ2v) is 4.39. The number of rotatable bonds is 2. The van der Waals surface area contributed by atoms with Crippen molar-refractivity contribution in [2.75, 3.05) is 6.61 Å². The summed E-state index contributed by atoms with van der Waals surface area (Å²) in [6.07, 6.45) is 3.28. The lowest BCUT2D eigenvalue weighted by Crippen LogP contribution is -2.39. The first-order valence-electron chi connectivity index (χ1n) is 5.40. The van der Waals surface area contributed by atoms with Crippen molar-refractivity contribution in [3.05, 3.63) is 30.1 Å². The summed E-state index contributed by atoms with van der Waals surface area (Å²) in [7, 11) is 0. The minimum atomic E-state index is -0.0843. The van der Waals surface area contributed by atoms with Crippen molar-refractivity contribution in [1.82, 2.24) is 9.97 Å². The fraction of sp³-hybridized carbons (Fsp3) is 0.417. The van der Waals surface area contributed by atoms with E-state index in [9.17, 15) is 5.11 Å². The second-order valence-electron chi connectivity index (χ2n) is 4.39. The van der Waals surface area contributed by atoms with Crippen molar-refractivity contribution < 1.29 is 5.11 Å². The summed E-state index contributed by atoms with van der Waals surface area (Å²) < 4.78 is 0. The van der Waals surface area contributed by atoms with Gasteiger partial charge in [0.05, 0.1) is 23.1 Å². The largest absolute Gasteiger partial charge is 0.395 e. The van der Waals surface area contributed by atoms with Crippen LogP contribution in [0.3, 0.4) is 0 Å². The lowest BCUT2D eigenvalue weighted by atomic mass is 9.69. The van der Waals surface area contributed by atoms with Crippen LogP contribution < -0.4 is 0 Å². The van der Waals surface area contributed by atoms with E-state index in [0.29, 0.717) is 0 Å². The molecule has 2 aromatic rings. The third-order valence-corrected chi connectivity index (χ3v) is 3.51. The van der Waals surface area contributed by atoms with Crippen LogP contribution in [-0.2, 0) is 5.41 Å². The number of hydrogen-bond donors (Lipinski definition) is 2. The molecule has 15 heavy (non-hydrogen) atoms. The summed E-state index contributed by atoms with van der Waals surface area (Å²) in [5.41, 5.74) is 1.97. The average Bonchev–Trinajstić information content (AvgIpc) is 2.60. The molecule has 1 saturated carbocycles. The number of imidazole rings is 1. The maximum Gasteiger partial charge on any atom is 0.115 e. The molecule has 1 aliphatic rings. The van der Waals surface area contributed by atoms with Crippen LogP contribution in [0.2, 0.25) is 0 Å². The predicted octanol–water partition coefficient (Wildman–Crippen LogP) is 1.98. The molecule has 1 aliphatic carbocycles. The van der Waals surface area contributed by atoms with Crippen LogP contribution >= 0.6 is 0 Å². The molecule has 0 amide bonds. The van der Waals surface area contributed by atoms with Gasteiger partial charge in [0.1, 0.15) is 5.82 Å². The summed E-state index contributed by atoms with van der Waals surface area (Å²) in [5.74, 6) is 0.956. The third-order valence-electron chi connectivity index (χ3n) is 3.51. The highest BCUT2D eigenvalue weighted by atomic mass is 16.3. The molecule has 3 heteroatoms. The minimum absolute atomic E-state index is 0.0843. The Bertz CT molecular complexity index is 447. The molecular weight excluding hydrogens is 188 g/mol. The van der Waals surface area contributed by atoms with Gasteiger partial charge in [-0.15, -0.1) is 0 Å². The Balaban J connectivity index is 2.11. The summed E-state index contributed by atoms with van der Waals surface area (Å²) in [6, 6.07) is 8.00. The molecule has 0 spiro atoms. The number of nitrogens with zero attached hydrogens (tertiary/aromatic N) is 1. The zero-order valence-corrected chi connectivity index (χ0v) is 8.53. The van der Waals surface area contributed by atoms with Gasteiger partial charge in [-0.25, -0.2) is 4.98 Å². The van der Waals surface area contributed by atoms with Crippen molar-refractivity contribution >= 4 is 11.0 Å². The molecule has 78 valence electrons. The summed E-state index contributed by atoms with van der Waals surface area (Å²) in [5, 5.41) is 9.46. The van der Waals surface area contributed by atoms with Gasteiger partial charge in [0.25, 0.3) is 0 Å². The fourth-order valence-electron chi connectivity index (χ4n) is 2.28. The van der Waals surface area contributed by atoms with E-state index in [1.54, 1.807) is 0 Å². The van der Waals surface area contributed by atoms with Crippen LogP contribution in [-0.4, -0.2) is 21.7 Å². The van der Waals surface area contributed by atoms with Gasteiger partial charge in [0, 0.05) is 0 Å². The van der Waals surface area contributed by atoms with Crippen LogP contribution in [0.4, 0.5) is 0 Å². The predicted molar refractivity (Wildman–Crippen MR) is 58.7 cm³/mol. The van der Waals surface area contributed by atoms with Crippen LogP contribution in [0, 0.1) is 0 Å². The number of nitrogens with one attached hydrogen (secondary N) is 1. The topological polar surface area (TPSA) is 48.9 Å². The average molecular weight is 202 g/mol. The third kappa shape index (κ3) is 1.20. The normalized spacial score (nSPS) is 19.0. The van der Waals surface area contributed by atoms with Crippen LogP contribution in [0.1, 0.15) is 25.1 Å². The van der Waals surface area contributed by atoms with Gasteiger partial charge >= 0.3 is 0 Å². The number of para-hydroxylation sites is 2. The van der Waals surface area contributed by atoms with Crippen LogP contribution in [0.5, 0.6) is 0 Å². The van der Waals surface area contributed by atoms with Crippen molar-refractivity contribution in [3.8, 4) is 0 Å². The molecule has 0 aliphatic heterocycles. The van der Waals surface area contributed by atoms with E-state index < -0.39 is 0 Å². The molecule has 1 fully saturated rings. The Hall–Kier alpha value is -1.35. The molecule has 3 rings (SSSR count). The van der Waals surface area contributed by atoms with Gasteiger partial charge in [0.2, 0.25) is 0 Å². The maximum absolute atomic E-state index is 9.46. The van der Waals surface area contributed by atoms with E-state index in [4.69, 9.17) is 0 Å². The quantitative estimate of drug-likeness (QED) is 0.782. The van der Waals surface area contributed by atoms with E-state index in [0.717, 1.165) is 29.7 Å². The number of fused-ring (bicyclic) bond motifs is 1. The van der Waals surface area contributed by atoms with Gasteiger partial charge in [0.15, 0.2) is 0 Å². The molecular formula is C12H14N2O. The molecule has 0 saturated heterocycles. The first kappa shape index (κ1) is 8.92. The fourth-order valence-corrected chi connectivity index (χ4v) is 2.28. The van der Waals surface area contributed by atoms with Crippen molar-refractivity contribution in [3.63, 3.8) is 0 Å². The molecule has 1 aromatic heterocycles. The second kappa shape index (κ2) is 3.07. The Morgan fingerprint density at radius 2 is 2.13 bits per heavy atom. The lowest BCUT2D eigenvalue weighted by molar-refractivity contribution is 0.113. The Morgan fingerprint density at radius 3 is 2.73 bits per heavy atom. The molecule has 0 atom stereocenters. The zero-order chi connectivity index (χ0) is 10.3. The van der Waals surface area contributed by atoms with E-state index in [2.05, 4.69) is 9.97 Å². The van der Waals surface area contributed by atoms with Crippen LogP contribution in [0.15, 0.2) is 24.3 Å². The van der Waals surface area contributed by atoms with E-state index in [1.165, 1.54) is 6.42 Å². The van der Waals surface area contributed by atoms with Gasteiger partial charge in [-0.3, -0.25) is 0 Å². The summed E-state index contributed by atoms with van der Waals surface area (Å²) >= 11 is 0. The number of H-pyrrole nitrogens is 1. The standard InChI is InChI=1S/C12H14N2O/c15-8-12(6-3-7-12)11-13-9-4-1-2-5-10(9)14-11/h1-2,4-5,15H,3,6-8H2,(H,13,14). The zero-order valence-electron chi connectivity index (χ0n) is 8.53. The van der Waals surface area contributed by atoms with Crippen molar-refractivity contribution in [2.24, 2.45) is 0 Å². The number of aromatic nitrogens is 2. The van der Waals surface area contributed by atoms with Gasteiger partial charge in [-0.1, -0.05) is 18.6 Å². The van der Waals surface area contributed by atoms with Crippen LogP contribution in [0.25, 0.3) is 11.0 Å². The molecule has 0 unspecified atom stereocenters. The minimum Gasteiger partial charge on any atom is -0.395 e. The monoisotopic (exact) mass is 202 g/mol. The summed E-state index contributed by atoms with van der Waals surface area (Å²) in [4.78, 5) is 7.88. The lowest BCUT2D eigenvalue weighted by Gasteiger charge is -2.38. The Labute approximate surface area is 88.2 Å². The number of benzene rings is 1. The van der Waals surface area contributed by atoms with Crippen molar-refractivity contribution in [2.45, 2.75) is 24.7 Å². The highest BCUT2D eigenvalue weighted by Gasteiger charge is 2.40. The van der Waals surface area contributed by atoms with Gasteiger partial charge in [-0.2, -0.15) is 0 Å². The first-order chi connectivity index (χ1) is 7.34. The van der Waals surface area contributed by atoms with E-state index in [1.807, 2.05) is 24.3 Å². The van der Waals surface area contributed by atoms with Gasteiger partial charge < -0.3 is 10.1 Å². The first-order valence-corrected chi connectivity index (χ1v) is 5.40. The van der Waals surface area contributed by atoms with Gasteiger partial charge in [-0.05, 0) is 25.0 Å². The Kier molecular flexibility index (Phi) is 1.83. The Morgan fingerprint density at radius 1 is 1.33 bits per heavy atom. The number of aliphatic hydroxyl groups is 1. The van der Waals surface area contributed by atoms with E-state index in [-0.39, 0.29) is 12.0 Å². The SMILES string of the molecule is OCC1(c2nc3ccccc3[nH]2)CCC1. The molecule has 0 bridgehead atoms. The van der Waals surface area contributed by atoms with Crippen molar-refractivity contribution in [1.29, 1.82) is 0 Å². The highest BCUT2D eigenvalue weighted by molar-refractivity contribution is 5.75. The van der Waals surface area contributed by atoms with E-state index >= 15 is 0 Å². The molecule has 1 heterocycles. The summed E-state index contributed by atoms with van der Waals surface area (Å²) in [6.45, 7) is 0.201. The maximum atomic E-state index is 9.46. The highest BCUT2D eigenvalue weighted by Crippen LogP contribution is 2.42. The number of aliphatic hydroxyl groups excluding tert-OH is 1. The molecule has 1 aromatic carbocycles. The number of aromatic amines is 1. The molecule has 0 radical (unpaired) electrons.